The summed E-state index contributed by atoms with van der Waals surface area (Å²) in [6.45, 7) is -0.645. The molecule has 2 aromatic carbocycles. The van der Waals surface area contributed by atoms with Crippen LogP contribution >= 0.6 is 0 Å². The Hall–Kier alpha value is -2.33. The highest BCUT2D eigenvalue weighted by Crippen LogP contribution is 2.30. The van der Waals surface area contributed by atoms with Crippen LogP contribution in [-0.2, 0) is 0 Å². The number of aliphatic hydroxyl groups excluding tert-OH is 1. The van der Waals surface area contributed by atoms with Crippen LogP contribution in [0.25, 0.3) is 5.57 Å². The molecule has 0 atom stereocenters. The average molecular weight is 288 g/mol. The minimum atomic E-state index is -0.645. The molecule has 2 rings (SSSR count). The van der Waals surface area contributed by atoms with E-state index in [1.54, 1.807) is 62.8 Å². The monoisotopic (exact) mass is 288 g/mol. The van der Waals surface area contributed by atoms with Crippen LogP contribution in [0.3, 0.4) is 0 Å². The van der Waals surface area contributed by atoms with Crippen molar-refractivity contribution in [3.05, 3.63) is 65.5 Å². The Labute approximate surface area is 123 Å². The predicted molar refractivity (Wildman–Crippen MR) is 80.2 cm³/mol. The highest BCUT2D eigenvalue weighted by Gasteiger charge is 2.12. The van der Waals surface area contributed by atoms with Crippen molar-refractivity contribution in [2.24, 2.45) is 0 Å². The Bertz CT molecular complexity index is 566. The largest absolute Gasteiger partial charge is 0.497 e. The highest BCUT2D eigenvalue weighted by molar-refractivity contribution is 5.81. The number of methoxy groups -OCH3 is 2. The molecular formula is C17H17FO3. The molecular weight excluding hydrogens is 271 g/mol. The molecule has 0 heterocycles. The van der Waals surface area contributed by atoms with Crippen molar-refractivity contribution in [2.45, 2.75) is 0 Å². The van der Waals surface area contributed by atoms with Gasteiger partial charge in [0.05, 0.1) is 20.8 Å². The van der Waals surface area contributed by atoms with Crippen LogP contribution < -0.4 is 9.47 Å². The first-order valence-electron chi connectivity index (χ1n) is 6.48. The normalized spacial score (nSPS) is 10.1. The molecule has 0 fully saturated rings. The van der Waals surface area contributed by atoms with Gasteiger partial charge in [0, 0.05) is 5.57 Å². The van der Waals surface area contributed by atoms with Crippen LogP contribution in [0, 0.1) is 0 Å². The van der Waals surface area contributed by atoms with Crippen molar-refractivity contribution in [2.75, 3.05) is 20.8 Å². The second kappa shape index (κ2) is 6.90. The van der Waals surface area contributed by atoms with E-state index in [0.717, 1.165) is 0 Å². The van der Waals surface area contributed by atoms with E-state index in [1.165, 1.54) is 0 Å². The average Bonchev–Trinajstić information content (AvgIpc) is 2.56. The number of hydrogen-bond acceptors (Lipinski definition) is 3. The molecule has 0 bridgehead atoms. The molecule has 21 heavy (non-hydrogen) atoms. The first kappa shape index (κ1) is 15.1. The van der Waals surface area contributed by atoms with Crippen LogP contribution in [-0.4, -0.2) is 25.9 Å². The summed E-state index contributed by atoms with van der Waals surface area (Å²) >= 11 is 0. The van der Waals surface area contributed by atoms with E-state index in [4.69, 9.17) is 14.6 Å². The molecule has 0 radical (unpaired) electrons. The lowest BCUT2D eigenvalue weighted by molar-refractivity contribution is 0.299. The number of aliphatic hydroxyl groups is 1. The fourth-order valence-electron chi connectivity index (χ4n) is 2.07. The van der Waals surface area contributed by atoms with Crippen LogP contribution in [0.5, 0.6) is 11.5 Å². The molecule has 3 nitrogen and oxygen atoms in total. The second-order valence-electron chi connectivity index (χ2n) is 4.40. The zero-order valence-corrected chi connectivity index (χ0v) is 12.0. The molecule has 1 N–H and O–H groups in total. The first-order chi connectivity index (χ1) is 10.2. The molecule has 2 aromatic rings. The molecule has 0 amide bonds. The Morgan fingerprint density at radius 3 is 1.52 bits per heavy atom. The summed E-state index contributed by atoms with van der Waals surface area (Å²) in [5.74, 6) is 0.805. The smallest absolute Gasteiger partial charge is 0.134 e. The van der Waals surface area contributed by atoms with Gasteiger partial charge in [-0.3, -0.25) is 0 Å². The quantitative estimate of drug-likeness (QED) is 0.916. The summed E-state index contributed by atoms with van der Waals surface area (Å²) in [5, 5.41) is 9.15. The van der Waals surface area contributed by atoms with E-state index < -0.39 is 12.4 Å². The van der Waals surface area contributed by atoms with E-state index in [0.29, 0.717) is 28.2 Å². The predicted octanol–water partition coefficient (Wildman–Crippen LogP) is 3.43. The molecule has 0 aliphatic carbocycles. The third-order valence-electron chi connectivity index (χ3n) is 3.17. The molecule has 0 spiro atoms. The van der Waals surface area contributed by atoms with Gasteiger partial charge in [0.25, 0.3) is 0 Å². The Kier molecular flexibility index (Phi) is 4.95. The third-order valence-corrected chi connectivity index (χ3v) is 3.17. The molecule has 0 aliphatic heterocycles. The molecule has 0 aromatic heterocycles. The minimum absolute atomic E-state index is 0.364. The standard InChI is InChI=1S/C17H17FO3/c1-20-14-7-3-12(4-8-14)17(16(18)11-19)13-5-9-15(21-2)10-6-13/h3-10,19H,11H2,1-2H3. The zero-order chi connectivity index (χ0) is 15.2. The van der Waals surface area contributed by atoms with Crippen molar-refractivity contribution in [1.82, 2.24) is 0 Å². The number of rotatable bonds is 5. The number of ether oxygens (including phenoxy) is 2. The van der Waals surface area contributed by atoms with Crippen molar-refractivity contribution in [1.29, 1.82) is 0 Å². The second-order valence-corrected chi connectivity index (χ2v) is 4.40. The Morgan fingerprint density at radius 2 is 1.24 bits per heavy atom. The van der Waals surface area contributed by atoms with Gasteiger partial charge in [-0.1, -0.05) is 24.3 Å². The maximum Gasteiger partial charge on any atom is 0.134 e. The molecule has 110 valence electrons. The lowest BCUT2D eigenvalue weighted by Crippen LogP contribution is -1.96. The number of hydrogen-bond donors (Lipinski definition) is 1. The van der Waals surface area contributed by atoms with E-state index in [2.05, 4.69) is 0 Å². The van der Waals surface area contributed by atoms with Gasteiger partial charge in [0.1, 0.15) is 17.3 Å². The molecule has 0 unspecified atom stereocenters. The van der Waals surface area contributed by atoms with Gasteiger partial charge >= 0.3 is 0 Å². The van der Waals surface area contributed by atoms with Crippen LogP contribution in [0.2, 0.25) is 0 Å². The van der Waals surface area contributed by atoms with Crippen molar-refractivity contribution < 1.29 is 19.0 Å². The fraction of sp³-hybridized carbons (Fsp3) is 0.176. The fourth-order valence-corrected chi connectivity index (χ4v) is 2.07. The van der Waals surface area contributed by atoms with Gasteiger partial charge < -0.3 is 14.6 Å². The first-order valence-corrected chi connectivity index (χ1v) is 6.48. The number of benzene rings is 2. The summed E-state index contributed by atoms with van der Waals surface area (Å²) in [6.07, 6.45) is 0. The molecule has 0 aliphatic rings. The van der Waals surface area contributed by atoms with Crippen molar-refractivity contribution in [3.63, 3.8) is 0 Å². The van der Waals surface area contributed by atoms with E-state index in [9.17, 15) is 4.39 Å². The van der Waals surface area contributed by atoms with Crippen molar-refractivity contribution >= 4 is 5.57 Å². The van der Waals surface area contributed by atoms with E-state index >= 15 is 0 Å². The Morgan fingerprint density at radius 1 is 0.857 bits per heavy atom. The summed E-state index contributed by atoms with van der Waals surface area (Å²) in [6, 6.07) is 14.0. The lowest BCUT2D eigenvalue weighted by Gasteiger charge is -2.11. The van der Waals surface area contributed by atoms with E-state index in [1.807, 2.05) is 0 Å². The topological polar surface area (TPSA) is 38.7 Å². The summed E-state index contributed by atoms with van der Waals surface area (Å²) in [7, 11) is 3.15. The summed E-state index contributed by atoms with van der Waals surface area (Å²) in [5.41, 5.74) is 1.71. The van der Waals surface area contributed by atoms with Crippen LogP contribution in [0.1, 0.15) is 11.1 Å². The summed E-state index contributed by atoms with van der Waals surface area (Å²) in [4.78, 5) is 0. The maximum absolute atomic E-state index is 14.1. The van der Waals surface area contributed by atoms with Gasteiger partial charge in [-0.15, -0.1) is 0 Å². The van der Waals surface area contributed by atoms with Gasteiger partial charge in [-0.2, -0.15) is 0 Å². The van der Waals surface area contributed by atoms with Crippen LogP contribution in [0.4, 0.5) is 4.39 Å². The highest BCUT2D eigenvalue weighted by atomic mass is 19.1. The van der Waals surface area contributed by atoms with Gasteiger partial charge in [-0.25, -0.2) is 4.39 Å². The zero-order valence-electron chi connectivity index (χ0n) is 12.0. The molecule has 4 heteroatoms. The Balaban J connectivity index is 2.47. The third kappa shape index (κ3) is 3.41. The SMILES string of the molecule is COc1ccc(C(=C(F)CO)c2ccc(OC)cc2)cc1. The molecule has 0 saturated carbocycles. The van der Waals surface area contributed by atoms with Gasteiger partial charge in [0.2, 0.25) is 0 Å². The minimum Gasteiger partial charge on any atom is -0.497 e. The van der Waals surface area contributed by atoms with Crippen molar-refractivity contribution in [3.8, 4) is 11.5 Å². The maximum atomic E-state index is 14.1. The van der Waals surface area contributed by atoms with Crippen LogP contribution in [0.15, 0.2) is 54.4 Å². The lowest BCUT2D eigenvalue weighted by atomic mass is 9.97. The van der Waals surface area contributed by atoms with Gasteiger partial charge in [0.15, 0.2) is 0 Å². The van der Waals surface area contributed by atoms with E-state index in [-0.39, 0.29) is 0 Å². The molecule has 0 saturated heterocycles. The van der Waals surface area contributed by atoms with Gasteiger partial charge in [-0.05, 0) is 35.4 Å². The summed E-state index contributed by atoms with van der Waals surface area (Å²) < 4.78 is 24.3. The number of halogens is 1.